The topological polar surface area (TPSA) is 32.3 Å². The Hall–Kier alpha value is -0.930. The van der Waals surface area contributed by atoms with Gasteiger partial charge in [-0.25, -0.2) is 4.39 Å². The van der Waals surface area contributed by atoms with Crippen LogP contribution >= 0.6 is 0 Å². The summed E-state index contributed by atoms with van der Waals surface area (Å²) in [7, 11) is 0. The first-order valence-corrected chi connectivity index (χ1v) is 6.28. The van der Waals surface area contributed by atoms with Gasteiger partial charge in [-0.15, -0.1) is 0 Å². The monoisotopic (exact) mass is 237 g/mol. The minimum atomic E-state index is -0.383. The smallest absolute Gasteiger partial charge is 0.123 e. The molecule has 2 N–H and O–H groups in total. The van der Waals surface area contributed by atoms with E-state index in [2.05, 4.69) is 12.2 Å². The van der Waals surface area contributed by atoms with Crippen molar-refractivity contribution in [2.24, 2.45) is 0 Å². The van der Waals surface area contributed by atoms with Gasteiger partial charge in [0.25, 0.3) is 0 Å². The second-order valence-electron chi connectivity index (χ2n) is 4.98. The van der Waals surface area contributed by atoms with Gasteiger partial charge < -0.3 is 10.4 Å². The van der Waals surface area contributed by atoms with Crippen LogP contribution in [0.2, 0.25) is 0 Å². The number of hydrogen-bond donors (Lipinski definition) is 2. The highest BCUT2D eigenvalue weighted by atomic mass is 19.1. The van der Waals surface area contributed by atoms with Crippen molar-refractivity contribution in [2.75, 3.05) is 0 Å². The molecule has 1 aromatic carbocycles. The zero-order valence-corrected chi connectivity index (χ0v) is 10.4. The molecule has 2 rings (SSSR count). The molecule has 1 aromatic rings. The van der Waals surface area contributed by atoms with E-state index in [-0.39, 0.29) is 23.5 Å². The summed E-state index contributed by atoms with van der Waals surface area (Å²) in [4.78, 5) is 0. The molecule has 17 heavy (non-hydrogen) atoms. The number of nitrogens with one attached hydrogen (secondary N) is 1. The fourth-order valence-corrected chi connectivity index (χ4v) is 2.77. The minimum Gasteiger partial charge on any atom is -0.391 e. The predicted octanol–water partition coefficient (Wildman–Crippen LogP) is 2.78. The fourth-order valence-electron chi connectivity index (χ4n) is 2.77. The van der Waals surface area contributed by atoms with Crippen LogP contribution in [0.15, 0.2) is 24.3 Å². The summed E-state index contributed by atoms with van der Waals surface area (Å²) in [5, 5.41) is 13.4. The van der Waals surface area contributed by atoms with Crippen LogP contribution in [0.25, 0.3) is 0 Å². The van der Waals surface area contributed by atoms with Crippen LogP contribution in [-0.4, -0.2) is 16.7 Å². The molecule has 94 valence electrons. The van der Waals surface area contributed by atoms with Gasteiger partial charge in [-0.05, 0) is 43.9 Å². The molecule has 0 radical (unpaired) electrons. The van der Waals surface area contributed by atoms with E-state index in [1.54, 1.807) is 12.1 Å². The Labute approximate surface area is 102 Å². The summed E-state index contributed by atoms with van der Waals surface area (Å²) in [5.74, 6) is -0.199. The van der Waals surface area contributed by atoms with Crippen molar-refractivity contribution in [1.29, 1.82) is 0 Å². The van der Waals surface area contributed by atoms with Crippen LogP contribution < -0.4 is 5.32 Å². The highest BCUT2D eigenvalue weighted by molar-refractivity contribution is 5.22. The average molecular weight is 237 g/mol. The van der Waals surface area contributed by atoms with Gasteiger partial charge in [0.05, 0.1) is 6.10 Å². The third kappa shape index (κ3) is 2.35. The van der Waals surface area contributed by atoms with Crippen LogP contribution in [0.4, 0.5) is 4.39 Å². The molecule has 0 bridgehead atoms. The molecule has 1 fully saturated rings. The molecule has 1 unspecified atom stereocenters. The van der Waals surface area contributed by atoms with Gasteiger partial charge in [0, 0.05) is 11.6 Å². The highest BCUT2D eigenvalue weighted by Gasteiger charge is 2.41. The lowest BCUT2D eigenvalue weighted by Gasteiger charge is -2.32. The van der Waals surface area contributed by atoms with Gasteiger partial charge >= 0.3 is 0 Å². The summed E-state index contributed by atoms with van der Waals surface area (Å²) in [5.41, 5.74) is 0.762. The maximum Gasteiger partial charge on any atom is 0.123 e. The molecule has 3 atom stereocenters. The lowest BCUT2D eigenvalue weighted by molar-refractivity contribution is 0.0804. The zero-order valence-electron chi connectivity index (χ0n) is 10.4. The molecule has 0 spiro atoms. The second-order valence-corrected chi connectivity index (χ2v) is 4.98. The van der Waals surface area contributed by atoms with Gasteiger partial charge in [0.1, 0.15) is 5.82 Å². The number of rotatable bonds is 3. The second kappa shape index (κ2) is 4.75. The Kier molecular flexibility index (Phi) is 3.50. The molecule has 1 heterocycles. The SMILES string of the molecule is CC[C@@]1(C(C)O)CC[C@@H](c2cccc(F)c2)N1. The lowest BCUT2D eigenvalue weighted by atomic mass is 9.89. The van der Waals surface area contributed by atoms with E-state index in [4.69, 9.17) is 0 Å². The molecule has 0 saturated carbocycles. The molecule has 0 aliphatic carbocycles. The maximum absolute atomic E-state index is 13.2. The maximum atomic E-state index is 13.2. The van der Waals surface area contributed by atoms with Gasteiger partial charge in [0.2, 0.25) is 0 Å². The first-order chi connectivity index (χ1) is 8.07. The molecule has 1 aliphatic rings. The van der Waals surface area contributed by atoms with Crippen molar-refractivity contribution in [3.05, 3.63) is 35.6 Å². The number of aliphatic hydroxyl groups excluding tert-OH is 1. The number of benzene rings is 1. The van der Waals surface area contributed by atoms with Crippen LogP contribution in [0.1, 0.15) is 44.7 Å². The summed E-state index contributed by atoms with van der Waals surface area (Å²) in [6, 6.07) is 6.86. The molecular formula is C14H20FNO. The number of hydrogen-bond acceptors (Lipinski definition) is 2. The first-order valence-electron chi connectivity index (χ1n) is 6.28. The third-order valence-corrected chi connectivity index (χ3v) is 4.02. The number of aliphatic hydroxyl groups is 1. The van der Waals surface area contributed by atoms with Gasteiger partial charge in [-0.1, -0.05) is 19.1 Å². The molecule has 2 nitrogen and oxygen atoms in total. The molecule has 3 heteroatoms. The Morgan fingerprint density at radius 3 is 2.88 bits per heavy atom. The normalized spacial score (nSPS) is 30.5. The van der Waals surface area contributed by atoms with Crippen molar-refractivity contribution >= 4 is 0 Å². The third-order valence-electron chi connectivity index (χ3n) is 4.02. The van der Waals surface area contributed by atoms with E-state index in [0.717, 1.165) is 24.8 Å². The average Bonchev–Trinajstić information content (AvgIpc) is 2.74. The van der Waals surface area contributed by atoms with Gasteiger partial charge in [-0.3, -0.25) is 0 Å². The molecule has 1 aliphatic heterocycles. The van der Waals surface area contributed by atoms with Crippen LogP contribution in [0.5, 0.6) is 0 Å². The molecule has 0 amide bonds. The van der Waals surface area contributed by atoms with Crippen LogP contribution in [-0.2, 0) is 0 Å². The molecule has 0 aromatic heterocycles. The highest BCUT2D eigenvalue weighted by Crippen LogP contribution is 2.37. The lowest BCUT2D eigenvalue weighted by Crippen LogP contribution is -2.49. The summed E-state index contributed by atoms with van der Waals surface area (Å²) in [6.07, 6.45) is 2.38. The molecule has 1 saturated heterocycles. The zero-order chi connectivity index (χ0) is 12.5. The van der Waals surface area contributed by atoms with Crippen LogP contribution in [0.3, 0.4) is 0 Å². The van der Waals surface area contributed by atoms with Crippen molar-refractivity contribution in [3.8, 4) is 0 Å². The quantitative estimate of drug-likeness (QED) is 0.847. The standard InChI is InChI=1S/C14H20FNO/c1-3-14(10(2)17)8-7-13(16-14)11-5-4-6-12(15)9-11/h4-6,9-10,13,16-17H,3,7-8H2,1-2H3/t10?,13-,14-/m0/s1. The van der Waals surface area contributed by atoms with E-state index < -0.39 is 0 Å². The van der Waals surface area contributed by atoms with Gasteiger partial charge in [0.15, 0.2) is 0 Å². The van der Waals surface area contributed by atoms with E-state index in [1.165, 1.54) is 6.07 Å². The summed E-state index contributed by atoms with van der Waals surface area (Å²) in [6.45, 7) is 3.90. The van der Waals surface area contributed by atoms with Gasteiger partial charge in [-0.2, -0.15) is 0 Å². The van der Waals surface area contributed by atoms with E-state index in [0.29, 0.717) is 0 Å². The summed E-state index contributed by atoms with van der Waals surface area (Å²) < 4.78 is 13.2. The largest absolute Gasteiger partial charge is 0.391 e. The predicted molar refractivity (Wildman–Crippen MR) is 66.2 cm³/mol. The van der Waals surface area contributed by atoms with Crippen molar-refractivity contribution in [3.63, 3.8) is 0 Å². The Balaban J connectivity index is 2.17. The van der Waals surface area contributed by atoms with Crippen molar-refractivity contribution in [2.45, 2.75) is 50.8 Å². The van der Waals surface area contributed by atoms with E-state index in [1.807, 2.05) is 13.0 Å². The Morgan fingerprint density at radius 1 is 1.59 bits per heavy atom. The fraction of sp³-hybridized carbons (Fsp3) is 0.571. The molecular weight excluding hydrogens is 217 g/mol. The Bertz CT molecular complexity index is 394. The van der Waals surface area contributed by atoms with E-state index >= 15 is 0 Å². The van der Waals surface area contributed by atoms with Crippen molar-refractivity contribution in [1.82, 2.24) is 5.32 Å². The van der Waals surface area contributed by atoms with E-state index in [9.17, 15) is 9.50 Å². The first kappa shape index (κ1) is 12.5. The van der Waals surface area contributed by atoms with Crippen LogP contribution in [0, 0.1) is 5.82 Å². The minimum absolute atomic E-state index is 0.153. The van der Waals surface area contributed by atoms with Crippen molar-refractivity contribution < 1.29 is 9.50 Å². The Morgan fingerprint density at radius 2 is 2.35 bits per heavy atom. The number of halogens is 1. The summed E-state index contributed by atoms with van der Waals surface area (Å²) >= 11 is 0.